The average Bonchev–Trinajstić information content (AvgIpc) is 2.68. The molecule has 0 aliphatic heterocycles. The Morgan fingerprint density at radius 1 is 0.909 bits per heavy atom. The molecule has 5 atom stereocenters. The summed E-state index contributed by atoms with van der Waals surface area (Å²) in [5, 5.41) is 0. The predicted octanol–water partition coefficient (Wildman–Crippen LogP) is 3.08. The van der Waals surface area contributed by atoms with Crippen molar-refractivity contribution >= 4 is 0 Å². The van der Waals surface area contributed by atoms with Crippen LogP contribution in [0.2, 0.25) is 0 Å². The fraction of sp³-hybridized carbons (Fsp3) is 1.00. The summed E-state index contributed by atoms with van der Waals surface area (Å²) in [6.07, 6.45) is 7.86. The number of rotatable bonds is 0. The van der Waals surface area contributed by atoms with E-state index >= 15 is 0 Å². The molecule has 2 bridgehead atoms. The molecule has 3 saturated carbocycles. The first-order valence-corrected chi connectivity index (χ1v) is 5.36. The minimum absolute atomic E-state index is 1.07. The molecule has 0 aromatic carbocycles. The van der Waals surface area contributed by atoms with Gasteiger partial charge in [-0.05, 0) is 42.4 Å². The largest absolute Gasteiger partial charge is 0.0622 e. The van der Waals surface area contributed by atoms with E-state index in [0.29, 0.717) is 0 Å². The van der Waals surface area contributed by atoms with Gasteiger partial charge in [0.25, 0.3) is 0 Å². The van der Waals surface area contributed by atoms with Gasteiger partial charge in [-0.2, -0.15) is 0 Å². The molecule has 0 amide bonds. The van der Waals surface area contributed by atoms with Crippen LogP contribution in [-0.4, -0.2) is 0 Å². The van der Waals surface area contributed by atoms with E-state index in [1.54, 1.807) is 19.3 Å². The van der Waals surface area contributed by atoms with Crippen LogP contribution >= 0.6 is 0 Å². The molecular formula is C11H18. The van der Waals surface area contributed by atoms with Crippen molar-refractivity contribution < 1.29 is 0 Å². The Labute approximate surface area is 69.4 Å². The van der Waals surface area contributed by atoms with Gasteiger partial charge in [0, 0.05) is 0 Å². The van der Waals surface area contributed by atoms with Gasteiger partial charge in [0.15, 0.2) is 0 Å². The highest BCUT2D eigenvalue weighted by atomic mass is 14.6. The monoisotopic (exact) mass is 150 g/mol. The van der Waals surface area contributed by atoms with E-state index in [-0.39, 0.29) is 0 Å². The second-order valence-electron chi connectivity index (χ2n) is 5.13. The van der Waals surface area contributed by atoms with E-state index in [1.165, 1.54) is 30.6 Å². The molecule has 0 spiro atoms. The van der Waals surface area contributed by atoms with E-state index < -0.39 is 0 Å². The van der Waals surface area contributed by atoms with Crippen LogP contribution in [0.25, 0.3) is 0 Å². The van der Waals surface area contributed by atoms with Crippen LogP contribution in [0.4, 0.5) is 0 Å². The topological polar surface area (TPSA) is 0 Å². The van der Waals surface area contributed by atoms with Crippen LogP contribution in [-0.2, 0) is 0 Å². The standard InChI is InChI=1S/C11H18/c1-7-3-2-4-8-5-9(7)11-6-10(8)11/h7-11H,2-6H2,1H3. The first-order chi connectivity index (χ1) is 5.36. The zero-order chi connectivity index (χ0) is 7.42. The Hall–Kier alpha value is 0. The van der Waals surface area contributed by atoms with Crippen LogP contribution in [0.15, 0.2) is 0 Å². The van der Waals surface area contributed by atoms with Crippen molar-refractivity contribution in [1.29, 1.82) is 0 Å². The van der Waals surface area contributed by atoms with Gasteiger partial charge in [-0.1, -0.05) is 26.2 Å². The van der Waals surface area contributed by atoms with Crippen LogP contribution in [0.3, 0.4) is 0 Å². The second-order valence-corrected chi connectivity index (χ2v) is 5.13. The van der Waals surface area contributed by atoms with E-state index in [9.17, 15) is 0 Å². The highest BCUT2D eigenvalue weighted by Crippen LogP contribution is 2.63. The third-order valence-corrected chi connectivity index (χ3v) is 4.59. The lowest BCUT2D eigenvalue weighted by atomic mass is 9.88. The smallest absolute Gasteiger partial charge is 0.0349 e. The minimum Gasteiger partial charge on any atom is -0.0622 e. The Morgan fingerprint density at radius 2 is 1.82 bits per heavy atom. The molecule has 11 heavy (non-hydrogen) atoms. The van der Waals surface area contributed by atoms with Crippen LogP contribution in [0, 0.1) is 29.6 Å². The Balaban J connectivity index is 1.86. The Morgan fingerprint density at radius 3 is 2.73 bits per heavy atom. The fourth-order valence-electron chi connectivity index (χ4n) is 3.87. The molecule has 0 aromatic heterocycles. The summed E-state index contributed by atoms with van der Waals surface area (Å²) in [6.45, 7) is 2.49. The summed E-state index contributed by atoms with van der Waals surface area (Å²) in [6, 6.07) is 0. The Kier molecular flexibility index (Phi) is 1.20. The molecule has 3 rings (SSSR count). The van der Waals surface area contributed by atoms with Crippen molar-refractivity contribution in [3.8, 4) is 0 Å². The lowest BCUT2D eigenvalue weighted by Crippen LogP contribution is -2.09. The lowest BCUT2D eigenvalue weighted by Gasteiger charge is -2.18. The van der Waals surface area contributed by atoms with Crippen molar-refractivity contribution in [3.63, 3.8) is 0 Å². The van der Waals surface area contributed by atoms with Crippen LogP contribution in [0.5, 0.6) is 0 Å². The van der Waals surface area contributed by atoms with Crippen molar-refractivity contribution in [2.24, 2.45) is 29.6 Å². The zero-order valence-corrected chi connectivity index (χ0v) is 7.42. The van der Waals surface area contributed by atoms with Crippen molar-refractivity contribution in [3.05, 3.63) is 0 Å². The maximum absolute atomic E-state index is 2.49. The van der Waals surface area contributed by atoms with E-state index in [4.69, 9.17) is 0 Å². The molecule has 3 fully saturated rings. The Bertz CT molecular complexity index is 173. The number of hydrogen-bond acceptors (Lipinski definition) is 0. The third-order valence-electron chi connectivity index (χ3n) is 4.59. The number of hydrogen-bond donors (Lipinski definition) is 0. The second kappa shape index (κ2) is 2.02. The van der Waals surface area contributed by atoms with Crippen molar-refractivity contribution in [2.75, 3.05) is 0 Å². The van der Waals surface area contributed by atoms with E-state index in [2.05, 4.69) is 6.92 Å². The summed E-state index contributed by atoms with van der Waals surface area (Å²) >= 11 is 0. The van der Waals surface area contributed by atoms with Gasteiger partial charge in [-0.25, -0.2) is 0 Å². The maximum atomic E-state index is 2.49. The maximum Gasteiger partial charge on any atom is -0.0349 e. The normalized spacial score (nSPS) is 60.3. The van der Waals surface area contributed by atoms with Gasteiger partial charge in [0.1, 0.15) is 0 Å². The van der Waals surface area contributed by atoms with Crippen LogP contribution in [0.1, 0.15) is 39.0 Å². The first kappa shape index (κ1) is 6.51. The first-order valence-electron chi connectivity index (χ1n) is 5.36. The predicted molar refractivity (Wildman–Crippen MR) is 46.2 cm³/mol. The van der Waals surface area contributed by atoms with Crippen molar-refractivity contribution in [1.82, 2.24) is 0 Å². The highest BCUT2D eigenvalue weighted by Gasteiger charge is 2.55. The summed E-state index contributed by atoms with van der Waals surface area (Å²) in [5.41, 5.74) is 0. The molecule has 3 aliphatic carbocycles. The van der Waals surface area contributed by atoms with Crippen molar-refractivity contribution in [2.45, 2.75) is 39.0 Å². The molecule has 0 aromatic rings. The van der Waals surface area contributed by atoms with Crippen LogP contribution < -0.4 is 0 Å². The molecular weight excluding hydrogens is 132 g/mol. The molecule has 0 radical (unpaired) electrons. The van der Waals surface area contributed by atoms with E-state index in [1.807, 2.05) is 0 Å². The summed E-state index contributed by atoms with van der Waals surface area (Å²) < 4.78 is 0. The average molecular weight is 150 g/mol. The quantitative estimate of drug-likeness (QED) is 0.498. The van der Waals surface area contributed by atoms with Gasteiger partial charge in [0.05, 0.1) is 0 Å². The summed E-state index contributed by atoms with van der Waals surface area (Å²) in [7, 11) is 0. The lowest BCUT2D eigenvalue weighted by molar-refractivity contribution is 0.318. The number of fused-ring (bicyclic) bond motifs is 5. The third kappa shape index (κ3) is 0.816. The molecule has 0 saturated heterocycles. The molecule has 0 heterocycles. The van der Waals surface area contributed by atoms with Gasteiger partial charge in [0.2, 0.25) is 0 Å². The zero-order valence-electron chi connectivity index (χ0n) is 7.42. The minimum atomic E-state index is 1.07. The van der Waals surface area contributed by atoms with Gasteiger partial charge in [-0.3, -0.25) is 0 Å². The van der Waals surface area contributed by atoms with Gasteiger partial charge >= 0.3 is 0 Å². The molecule has 62 valence electrons. The molecule has 5 unspecified atom stereocenters. The molecule has 0 N–H and O–H groups in total. The molecule has 0 nitrogen and oxygen atoms in total. The van der Waals surface area contributed by atoms with Gasteiger partial charge < -0.3 is 0 Å². The van der Waals surface area contributed by atoms with E-state index in [0.717, 1.165) is 11.8 Å². The summed E-state index contributed by atoms with van der Waals surface area (Å²) in [5.74, 6) is 5.82. The highest BCUT2D eigenvalue weighted by molar-refractivity contribution is 5.04. The van der Waals surface area contributed by atoms with Gasteiger partial charge in [-0.15, -0.1) is 0 Å². The molecule has 0 heteroatoms. The fourth-order valence-corrected chi connectivity index (χ4v) is 3.87. The summed E-state index contributed by atoms with van der Waals surface area (Å²) in [4.78, 5) is 0. The molecule has 3 aliphatic rings. The SMILES string of the molecule is CC1CCCC2CC1C1CC21.